The summed E-state index contributed by atoms with van der Waals surface area (Å²) in [5.41, 5.74) is 2.55. The first-order valence-corrected chi connectivity index (χ1v) is 7.46. The summed E-state index contributed by atoms with van der Waals surface area (Å²) in [7, 11) is 0. The summed E-state index contributed by atoms with van der Waals surface area (Å²) in [4.78, 5) is 27.4. The van der Waals surface area contributed by atoms with Gasteiger partial charge in [-0.3, -0.25) is 20.2 Å². The Kier molecular flexibility index (Phi) is 4.15. The number of rotatable bonds is 4. The molecule has 4 N–H and O–H groups in total. The first-order valence-electron chi connectivity index (χ1n) is 7.46. The largest absolute Gasteiger partial charge is 0.494 e. The van der Waals surface area contributed by atoms with Crippen molar-refractivity contribution in [2.45, 2.75) is 13.3 Å². The number of aromatic amines is 2. The summed E-state index contributed by atoms with van der Waals surface area (Å²) in [6.45, 7) is 1.80. The maximum Gasteiger partial charge on any atom is 0.328 e. The fraction of sp³-hybridized carbons (Fsp3) is 0.118. The molecule has 0 unspecified atom stereocenters. The third-order valence-corrected chi connectivity index (χ3v) is 3.65. The molecule has 0 aliphatic carbocycles. The number of aromatic nitrogens is 2. The molecule has 1 aromatic heterocycles. The van der Waals surface area contributed by atoms with E-state index < -0.39 is 17.1 Å². The van der Waals surface area contributed by atoms with Crippen LogP contribution >= 0.6 is 0 Å². The average molecular weight is 324 g/mol. The Hall–Kier alpha value is -3.35. The predicted octanol–water partition coefficient (Wildman–Crippen LogP) is 2.15. The van der Waals surface area contributed by atoms with Crippen LogP contribution in [0.5, 0.6) is 5.88 Å². The number of fused-ring (bicyclic) bond motifs is 1. The van der Waals surface area contributed by atoms with E-state index >= 15 is 0 Å². The third-order valence-electron chi connectivity index (χ3n) is 3.65. The van der Waals surface area contributed by atoms with Crippen LogP contribution in [0.25, 0.3) is 10.8 Å². The molecule has 3 rings (SSSR count). The van der Waals surface area contributed by atoms with Crippen LogP contribution < -0.4 is 16.7 Å². The molecule has 0 aliphatic heterocycles. The van der Waals surface area contributed by atoms with Gasteiger partial charge in [-0.25, -0.2) is 4.79 Å². The molecule has 0 spiro atoms. The Balaban J connectivity index is 2.03. The zero-order chi connectivity index (χ0) is 17.1. The minimum Gasteiger partial charge on any atom is -0.494 e. The van der Waals surface area contributed by atoms with Gasteiger partial charge in [-0.05, 0) is 17.9 Å². The van der Waals surface area contributed by atoms with Crippen LogP contribution in [0.4, 0.5) is 5.69 Å². The van der Waals surface area contributed by atoms with Crippen molar-refractivity contribution in [1.29, 1.82) is 0 Å². The van der Waals surface area contributed by atoms with E-state index in [9.17, 15) is 14.7 Å². The quantitative estimate of drug-likeness (QED) is 0.435. The van der Waals surface area contributed by atoms with Gasteiger partial charge in [0.25, 0.3) is 5.56 Å². The summed E-state index contributed by atoms with van der Waals surface area (Å²) < 4.78 is 0. The van der Waals surface area contributed by atoms with Gasteiger partial charge in [-0.15, -0.1) is 0 Å². The highest BCUT2D eigenvalue weighted by atomic mass is 16.3. The molecular formula is C17H16N4O3. The number of H-pyrrole nitrogens is 2. The number of hydrazone groups is 1. The molecule has 0 atom stereocenters. The van der Waals surface area contributed by atoms with Crippen LogP contribution in [-0.4, -0.2) is 20.8 Å². The molecular weight excluding hydrogens is 308 g/mol. The van der Waals surface area contributed by atoms with Crippen molar-refractivity contribution in [2.24, 2.45) is 5.10 Å². The number of anilines is 1. The summed E-state index contributed by atoms with van der Waals surface area (Å²) in [5.74, 6) is -0.496. The summed E-state index contributed by atoms with van der Waals surface area (Å²) in [6, 6.07) is 13.6. The highest BCUT2D eigenvalue weighted by Crippen LogP contribution is 2.23. The molecule has 0 amide bonds. The molecule has 122 valence electrons. The molecule has 0 saturated heterocycles. The van der Waals surface area contributed by atoms with E-state index in [0.717, 1.165) is 16.5 Å². The Morgan fingerprint density at radius 3 is 2.62 bits per heavy atom. The summed E-state index contributed by atoms with van der Waals surface area (Å²) in [5, 5.41) is 16.1. The number of aromatic hydroxyl groups is 1. The first kappa shape index (κ1) is 15.5. The summed E-state index contributed by atoms with van der Waals surface area (Å²) >= 11 is 0. The third kappa shape index (κ3) is 2.91. The van der Waals surface area contributed by atoms with Crippen molar-refractivity contribution in [3.05, 3.63) is 68.9 Å². The van der Waals surface area contributed by atoms with Crippen LogP contribution in [-0.2, 0) is 0 Å². The van der Waals surface area contributed by atoms with Gasteiger partial charge in [-0.2, -0.15) is 5.10 Å². The number of benzene rings is 2. The molecule has 7 heteroatoms. The van der Waals surface area contributed by atoms with E-state index in [0.29, 0.717) is 12.1 Å². The number of nitrogens with one attached hydrogen (secondary N) is 3. The monoisotopic (exact) mass is 324 g/mol. The maximum absolute atomic E-state index is 11.9. The van der Waals surface area contributed by atoms with Crippen molar-refractivity contribution in [1.82, 2.24) is 9.97 Å². The van der Waals surface area contributed by atoms with Gasteiger partial charge in [0.05, 0.1) is 11.4 Å². The van der Waals surface area contributed by atoms with Gasteiger partial charge >= 0.3 is 5.69 Å². The lowest BCUT2D eigenvalue weighted by Crippen LogP contribution is -2.28. The van der Waals surface area contributed by atoms with Gasteiger partial charge < -0.3 is 5.11 Å². The lowest BCUT2D eigenvalue weighted by molar-refractivity contribution is 0.447. The molecule has 0 aliphatic rings. The standard InChI is InChI=1S/C17H16N4O3/c1-2-12(14-15(22)18-17(24)19-16(14)23)20-21-13-9-5-7-10-6-3-4-8-11(10)13/h3-9,21H,2H2,1H3,(H3,18,19,22,23,24)/b20-12+. The Labute approximate surface area is 136 Å². The van der Waals surface area contributed by atoms with Crippen LogP contribution in [0, 0.1) is 0 Å². The molecule has 0 radical (unpaired) electrons. The van der Waals surface area contributed by atoms with Crippen LogP contribution in [0.1, 0.15) is 18.9 Å². The van der Waals surface area contributed by atoms with E-state index in [1.54, 1.807) is 6.92 Å². The maximum atomic E-state index is 11.9. The predicted molar refractivity (Wildman–Crippen MR) is 93.7 cm³/mol. The van der Waals surface area contributed by atoms with E-state index in [4.69, 9.17) is 0 Å². The van der Waals surface area contributed by atoms with Crippen LogP contribution in [0.2, 0.25) is 0 Å². The van der Waals surface area contributed by atoms with Crippen molar-refractivity contribution in [2.75, 3.05) is 5.43 Å². The fourth-order valence-corrected chi connectivity index (χ4v) is 2.50. The Morgan fingerprint density at radius 2 is 1.88 bits per heavy atom. The minimum atomic E-state index is -0.765. The van der Waals surface area contributed by atoms with Gasteiger partial charge in [-0.1, -0.05) is 43.3 Å². The van der Waals surface area contributed by atoms with Crippen LogP contribution in [0.3, 0.4) is 0 Å². The van der Waals surface area contributed by atoms with Gasteiger partial charge in [0, 0.05) is 5.39 Å². The van der Waals surface area contributed by atoms with E-state index in [1.807, 2.05) is 42.5 Å². The van der Waals surface area contributed by atoms with Gasteiger partial charge in [0.1, 0.15) is 5.56 Å². The molecule has 1 heterocycles. The molecule has 0 saturated carbocycles. The summed E-state index contributed by atoms with van der Waals surface area (Å²) in [6.07, 6.45) is 0.389. The smallest absolute Gasteiger partial charge is 0.328 e. The highest BCUT2D eigenvalue weighted by Gasteiger charge is 2.14. The van der Waals surface area contributed by atoms with Gasteiger partial charge in [0.15, 0.2) is 0 Å². The minimum absolute atomic E-state index is 0.0511. The van der Waals surface area contributed by atoms with Crippen molar-refractivity contribution in [3.63, 3.8) is 0 Å². The molecule has 0 bridgehead atoms. The first-order chi connectivity index (χ1) is 11.6. The SMILES string of the molecule is CC/C(=N\Nc1cccc2ccccc12)c1c(O)[nH]c(=O)[nH]c1=O. The van der Waals surface area contributed by atoms with E-state index in [1.165, 1.54) is 0 Å². The topological polar surface area (TPSA) is 110 Å². The average Bonchev–Trinajstić information content (AvgIpc) is 2.57. The van der Waals surface area contributed by atoms with Crippen molar-refractivity contribution >= 4 is 22.2 Å². The molecule has 0 fully saturated rings. The van der Waals surface area contributed by atoms with E-state index in [-0.39, 0.29) is 5.56 Å². The second kappa shape index (κ2) is 6.41. The highest BCUT2D eigenvalue weighted by molar-refractivity contribution is 6.02. The van der Waals surface area contributed by atoms with Crippen LogP contribution in [0.15, 0.2) is 57.2 Å². The number of nitrogens with zero attached hydrogens (tertiary/aromatic N) is 1. The fourth-order valence-electron chi connectivity index (χ4n) is 2.50. The zero-order valence-electron chi connectivity index (χ0n) is 13.0. The number of hydrogen-bond acceptors (Lipinski definition) is 5. The lowest BCUT2D eigenvalue weighted by atomic mass is 10.1. The molecule has 7 nitrogen and oxygen atoms in total. The zero-order valence-corrected chi connectivity index (χ0v) is 13.0. The van der Waals surface area contributed by atoms with Gasteiger partial charge in [0.2, 0.25) is 5.88 Å². The molecule has 2 aromatic carbocycles. The van der Waals surface area contributed by atoms with Crippen molar-refractivity contribution in [3.8, 4) is 5.88 Å². The Morgan fingerprint density at radius 1 is 1.12 bits per heavy atom. The molecule has 3 aromatic rings. The molecule has 24 heavy (non-hydrogen) atoms. The Bertz CT molecular complexity index is 1030. The second-order valence-corrected chi connectivity index (χ2v) is 5.18. The second-order valence-electron chi connectivity index (χ2n) is 5.18. The van der Waals surface area contributed by atoms with Crippen molar-refractivity contribution < 1.29 is 5.11 Å². The normalized spacial score (nSPS) is 11.6. The number of hydrogen-bond donors (Lipinski definition) is 4. The van der Waals surface area contributed by atoms with E-state index in [2.05, 4.69) is 20.5 Å². The lowest BCUT2D eigenvalue weighted by Gasteiger charge is -2.08.